The molecule has 30 heavy (non-hydrogen) atoms. The van der Waals surface area contributed by atoms with Crippen LogP contribution in [0.3, 0.4) is 0 Å². The Morgan fingerprint density at radius 1 is 0.967 bits per heavy atom. The first-order chi connectivity index (χ1) is 14.8. The molecule has 3 heterocycles. The van der Waals surface area contributed by atoms with Gasteiger partial charge in [0.1, 0.15) is 5.75 Å². The molecule has 6 heteroatoms. The van der Waals surface area contributed by atoms with Gasteiger partial charge in [0.05, 0.1) is 38.0 Å². The first kappa shape index (κ1) is 19.2. The van der Waals surface area contributed by atoms with E-state index in [4.69, 9.17) is 9.47 Å². The molecule has 2 saturated heterocycles. The van der Waals surface area contributed by atoms with Gasteiger partial charge in [0.15, 0.2) is 0 Å². The molecule has 6 nitrogen and oxygen atoms in total. The SMILES string of the molecule is COc1ccccc1N1CCN2c3ccccc3C[C@H](C(=O)N3CCOCC3)[C@H]2C1. The van der Waals surface area contributed by atoms with Crippen LogP contribution < -0.4 is 14.5 Å². The molecule has 2 aromatic carbocycles. The van der Waals surface area contributed by atoms with Crippen molar-refractivity contribution in [1.82, 2.24) is 4.90 Å². The van der Waals surface area contributed by atoms with Crippen molar-refractivity contribution in [2.45, 2.75) is 12.5 Å². The van der Waals surface area contributed by atoms with Gasteiger partial charge in [-0.15, -0.1) is 0 Å². The Bertz CT molecular complexity index is 912. The fraction of sp³-hybridized carbons (Fsp3) is 0.458. The number of nitrogens with zero attached hydrogens (tertiary/aromatic N) is 3. The standard InChI is InChI=1S/C24H29N3O3/c1-29-23-9-5-4-8-21(23)26-10-11-27-20-7-3-2-6-18(20)16-19(22(27)17-26)24(28)25-12-14-30-15-13-25/h2-9,19,22H,10-17H2,1H3/t19-,22+/m0/s1. The maximum absolute atomic E-state index is 13.6. The lowest BCUT2D eigenvalue weighted by molar-refractivity contribution is -0.140. The zero-order valence-electron chi connectivity index (χ0n) is 17.5. The molecule has 0 unspecified atom stereocenters. The highest BCUT2D eigenvalue weighted by molar-refractivity contribution is 5.82. The summed E-state index contributed by atoms with van der Waals surface area (Å²) < 4.78 is 11.1. The van der Waals surface area contributed by atoms with Crippen molar-refractivity contribution in [1.29, 1.82) is 0 Å². The number of benzene rings is 2. The van der Waals surface area contributed by atoms with Gasteiger partial charge < -0.3 is 24.2 Å². The number of fused-ring (bicyclic) bond motifs is 3. The molecule has 0 N–H and O–H groups in total. The highest BCUT2D eigenvalue weighted by atomic mass is 16.5. The van der Waals surface area contributed by atoms with Crippen LogP contribution in [0.4, 0.5) is 11.4 Å². The van der Waals surface area contributed by atoms with E-state index in [0.717, 1.165) is 37.5 Å². The minimum absolute atomic E-state index is 0.0458. The molecule has 2 atom stereocenters. The first-order valence-electron chi connectivity index (χ1n) is 10.9. The fourth-order valence-electron chi connectivity index (χ4n) is 5.17. The number of anilines is 2. The number of methoxy groups -OCH3 is 1. The van der Waals surface area contributed by atoms with Crippen molar-refractivity contribution in [3.05, 3.63) is 54.1 Å². The quantitative estimate of drug-likeness (QED) is 0.782. The molecule has 1 amide bonds. The largest absolute Gasteiger partial charge is 0.495 e. The maximum atomic E-state index is 13.6. The van der Waals surface area contributed by atoms with Crippen molar-refractivity contribution in [3.63, 3.8) is 0 Å². The van der Waals surface area contributed by atoms with Crippen LogP contribution in [0.1, 0.15) is 5.56 Å². The second kappa shape index (κ2) is 8.19. The summed E-state index contributed by atoms with van der Waals surface area (Å²) in [4.78, 5) is 20.4. The zero-order valence-corrected chi connectivity index (χ0v) is 17.5. The van der Waals surface area contributed by atoms with Crippen molar-refractivity contribution >= 4 is 17.3 Å². The average molecular weight is 408 g/mol. The van der Waals surface area contributed by atoms with Gasteiger partial charge in [0.25, 0.3) is 0 Å². The molecule has 0 aromatic heterocycles. The lowest BCUT2D eigenvalue weighted by Gasteiger charge is -2.50. The van der Waals surface area contributed by atoms with E-state index in [1.165, 1.54) is 11.3 Å². The predicted molar refractivity (Wildman–Crippen MR) is 117 cm³/mol. The number of rotatable bonds is 3. The van der Waals surface area contributed by atoms with Crippen molar-refractivity contribution in [2.24, 2.45) is 5.92 Å². The molecule has 0 spiro atoms. The number of morpholine rings is 1. The lowest BCUT2D eigenvalue weighted by Crippen LogP contribution is -2.62. The Balaban J connectivity index is 1.47. The number of hydrogen-bond acceptors (Lipinski definition) is 5. The number of amides is 1. The molecule has 2 aromatic rings. The molecule has 3 aliphatic heterocycles. The Kier molecular flexibility index (Phi) is 5.25. The van der Waals surface area contributed by atoms with E-state index in [0.29, 0.717) is 26.3 Å². The predicted octanol–water partition coefficient (Wildman–Crippen LogP) is 2.42. The number of hydrogen-bond donors (Lipinski definition) is 0. The minimum Gasteiger partial charge on any atom is -0.495 e. The van der Waals surface area contributed by atoms with E-state index in [9.17, 15) is 4.79 Å². The van der Waals surface area contributed by atoms with Gasteiger partial charge in [-0.1, -0.05) is 30.3 Å². The maximum Gasteiger partial charge on any atom is 0.228 e. The van der Waals surface area contributed by atoms with E-state index in [1.807, 2.05) is 17.0 Å². The third-order valence-electron chi connectivity index (χ3n) is 6.69. The summed E-state index contributed by atoms with van der Waals surface area (Å²) in [5.74, 6) is 1.11. The second-order valence-corrected chi connectivity index (χ2v) is 8.26. The van der Waals surface area contributed by atoms with Gasteiger partial charge in [-0.3, -0.25) is 4.79 Å². The molecule has 0 radical (unpaired) electrons. The van der Waals surface area contributed by atoms with Crippen LogP contribution in [0, 0.1) is 5.92 Å². The highest BCUT2D eigenvalue weighted by Gasteiger charge is 2.43. The number of carbonyl (C=O) groups is 1. The van der Waals surface area contributed by atoms with Crippen LogP contribution in [0.2, 0.25) is 0 Å². The molecule has 0 aliphatic carbocycles. The van der Waals surface area contributed by atoms with Gasteiger partial charge in [0, 0.05) is 38.4 Å². The van der Waals surface area contributed by atoms with Gasteiger partial charge in [-0.2, -0.15) is 0 Å². The van der Waals surface area contributed by atoms with Crippen LogP contribution in [0.15, 0.2) is 48.5 Å². The van der Waals surface area contributed by atoms with Gasteiger partial charge in [-0.25, -0.2) is 0 Å². The zero-order chi connectivity index (χ0) is 20.5. The van der Waals surface area contributed by atoms with Crippen LogP contribution in [-0.2, 0) is 16.0 Å². The van der Waals surface area contributed by atoms with Gasteiger partial charge >= 0.3 is 0 Å². The normalized spacial score (nSPS) is 23.6. The van der Waals surface area contributed by atoms with Crippen LogP contribution >= 0.6 is 0 Å². The topological polar surface area (TPSA) is 45.2 Å². The molecule has 3 aliphatic rings. The van der Waals surface area contributed by atoms with Crippen molar-refractivity contribution in [3.8, 4) is 5.75 Å². The summed E-state index contributed by atoms with van der Waals surface area (Å²) in [6.45, 7) is 5.28. The minimum atomic E-state index is -0.0458. The molecule has 5 rings (SSSR count). The van der Waals surface area contributed by atoms with E-state index < -0.39 is 0 Å². The van der Waals surface area contributed by atoms with Crippen molar-refractivity contribution in [2.75, 3.05) is 62.8 Å². The Morgan fingerprint density at radius 2 is 1.70 bits per heavy atom. The second-order valence-electron chi connectivity index (χ2n) is 8.26. The smallest absolute Gasteiger partial charge is 0.228 e. The third kappa shape index (κ3) is 3.39. The summed E-state index contributed by atoms with van der Waals surface area (Å²) in [7, 11) is 1.72. The molecule has 158 valence electrons. The van der Waals surface area contributed by atoms with E-state index in [1.54, 1.807) is 7.11 Å². The highest BCUT2D eigenvalue weighted by Crippen LogP contribution is 2.39. The van der Waals surface area contributed by atoms with E-state index in [2.05, 4.69) is 46.2 Å². The number of carbonyl (C=O) groups excluding carboxylic acids is 1. The van der Waals surface area contributed by atoms with Gasteiger partial charge in [0.2, 0.25) is 5.91 Å². The summed E-state index contributed by atoms with van der Waals surface area (Å²) in [5, 5.41) is 0. The summed E-state index contributed by atoms with van der Waals surface area (Å²) in [6.07, 6.45) is 0.799. The molecule has 0 saturated carbocycles. The Labute approximate surface area is 178 Å². The monoisotopic (exact) mass is 407 g/mol. The Hall–Kier alpha value is -2.73. The van der Waals surface area contributed by atoms with E-state index >= 15 is 0 Å². The fourth-order valence-corrected chi connectivity index (χ4v) is 5.17. The number of piperazine rings is 1. The van der Waals surface area contributed by atoms with Crippen molar-refractivity contribution < 1.29 is 14.3 Å². The molecular weight excluding hydrogens is 378 g/mol. The average Bonchev–Trinajstić information content (AvgIpc) is 2.83. The van der Waals surface area contributed by atoms with Crippen LogP contribution in [-0.4, -0.2) is 69.9 Å². The molecule has 2 fully saturated rings. The summed E-state index contributed by atoms with van der Waals surface area (Å²) in [5.41, 5.74) is 3.68. The first-order valence-corrected chi connectivity index (χ1v) is 10.9. The lowest BCUT2D eigenvalue weighted by atomic mass is 9.83. The van der Waals surface area contributed by atoms with Crippen LogP contribution in [0.5, 0.6) is 5.75 Å². The van der Waals surface area contributed by atoms with Gasteiger partial charge in [-0.05, 0) is 30.2 Å². The number of para-hydroxylation sites is 3. The number of ether oxygens (including phenoxy) is 2. The third-order valence-corrected chi connectivity index (χ3v) is 6.69. The molecular formula is C24H29N3O3. The summed E-state index contributed by atoms with van der Waals surface area (Å²) >= 11 is 0. The molecule has 0 bridgehead atoms. The summed E-state index contributed by atoms with van der Waals surface area (Å²) in [6, 6.07) is 16.9. The van der Waals surface area contributed by atoms with E-state index in [-0.39, 0.29) is 17.9 Å². The Morgan fingerprint density at radius 3 is 2.50 bits per heavy atom. The van der Waals surface area contributed by atoms with Crippen LogP contribution in [0.25, 0.3) is 0 Å².